The maximum absolute atomic E-state index is 9.16. The van der Waals surface area contributed by atoms with Gasteiger partial charge in [-0.15, -0.1) is 5.10 Å². The molecule has 0 aliphatic carbocycles. The topological polar surface area (TPSA) is 71.2 Å². The molecule has 2 aromatic heterocycles. The van der Waals surface area contributed by atoms with Crippen LogP contribution in [0.25, 0.3) is 16.9 Å². The fraction of sp³-hybridized carbons (Fsp3) is 0. The first-order chi connectivity index (χ1) is 9.24. The molecule has 2 heterocycles. The zero-order valence-corrected chi connectivity index (χ0v) is 10.7. The Morgan fingerprint density at radius 2 is 2.11 bits per heavy atom. The van der Waals surface area contributed by atoms with E-state index in [4.69, 9.17) is 10.0 Å². The molecule has 0 spiro atoms. The van der Waals surface area contributed by atoms with Gasteiger partial charge in [0.25, 0.3) is 0 Å². The van der Waals surface area contributed by atoms with Crippen LogP contribution in [0, 0.1) is 0 Å². The Morgan fingerprint density at radius 1 is 1.21 bits per heavy atom. The lowest BCUT2D eigenvalue weighted by Crippen LogP contribution is -2.29. The second-order valence-electron chi connectivity index (χ2n) is 4.03. The summed E-state index contributed by atoms with van der Waals surface area (Å²) in [5.41, 5.74) is 2.97. The van der Waals surface area contributed by atoms with E-state index in [0.717, 1.165) is 16.9 Å². The van der Waals surface area contributed by atoms with E-state index in [1.165, 1.54) is 0 Å². The van der Waals surface area contributed by atoms with Crippen LogP contribution in [-0.4, -0.2) is 32.2 Å². The molecule has 0 aliphatic rings. The molecule has 0 unspecified atom stereocenters. The predicted molar refractivity (Wildman–Crippen MR) is 74.5 cm³/mol. The molecule has 0 aliphatic heterocycles. The highest BCUT2D eigenvalue weighted by Gasteiger charge is 2.12. The molecule has 19 heavy (non-hydrogen) atoms. The number of thiophene rings is 1. The molecule has 94 valence electrons. The Balaban J connectivity index is 1.97. The van der Waals surface area contributed by atoms with E-state index in [1.807, 2.05) is 29.1 Å². The van der Waals surface area contributed by atoms with Crippen molar-refractivity contribution in [1.29, 1.82) is 0 Å². The van der Waals surface area contributed by atoms with E-state index in [9.17, 15) is 0 Å². The average molecular weight is 271 g/mol. The summed E-state index contributed by atoms with van der Waals surface area (Å²) in [7, 11) is -1.49. The number of aromatic nitrogens is 3. The predicted octanol–water partition coefficient (Wildman–Crippen LogP) is 0.676. The van der Waals surface area contributed by atoms with Crippen LogP contribution in [0.1, 0.15) is 0 Å². The van der Waals surface area contributed by atoms with Crippen molar-refractivity contribution >= 4 is 23.9 Å². The summed E-state index contributed by atoms with van der Waals surface area (Å²) < 4.78 is 1.61. The van der Waals surface area contributed by atoms with Crippen molar-refractivity contribution in [2.24, 2.45) is 0 Å². The normalized spacial score (nSPS) is 10.6. The SMILES string of the molecule is OB(O)c1cccc(-n2cc(-c3ccsc3)nn2)c1. The molecular formula is C12H10BN3O2S. The molecule has 0 saturated carbocycles. The van der Waals surface area contributed by atoms with Crippen molar-refractivity contribution in [3.63, 3.8) is 0 Å². The molecule has 0 fully saturated rings. The Labute approximate surface area is 113 Å². The Morgan fingerprint density at radius 3 is 2.84 bits per heavy atom. The van der Waals surface area contributed by atoms with Gasteiger partial charge in [-0.1, -0.05) is 17.3 Å². The summed E-state index contributed by atoms with van der Waals surface area (Å²) in [5, 5.41) is 30.5. The Bertz CT molecular complexity index is 682. The van der Waals surface area contributed by atoms with Crippen LogP contribution >= 0.6 is 11.3 Å². The van der Waals surface area contributed by atoms with Gasteiger partial charge in [-0.05, 0) is 29.0 Å². The van der Waals surface area contributed by atoms with Crippen LogP contribution < -0.4 is 5.46 Å². The molecule has 7 heteroatoms. The quantitative estimate of drug-likeness (QED) is 0.687. The number of hydrogen-bond acceptors (Lipinski definition) is 5. The van der Waals surface area contributed by atoms with Crippen molar-refractivity contribution < 1.29 is 10.0 Å². The lowest BCUT2D eigenvalue weighted by Gasteiger charge is -2.03. The smallest absolute Gasteiger partial charge is 0.423 e. The molecule has 3 rings (SSSR count). The van der Waals surface area contributed by atoms with Gasteiger partial charge in [-0.2, -0.15) is 11.3 Å². The van der Waals surface area contributed by atoms with Gasteiger partial charge in [0.05, 0.1) is 11.9 Å². The molecule has 3 aromatic rings. The molecule has 0 atom stereocenters. The summed E-state index contributed by atoms with van der Waals surface area (Å²) in [6, 6.07) is 8.86. The number of benzene rings is 1. The molecule has 0 saturated heterocycles. The van der Waals surface area contributed by atoms with Crippen LogP contribution in [-0.2, 0) is 0 Å². The van der Waals surface area contributed by atoms with Crippen molar-refractivity contribution in [1.82, 2.24) is 15.0 Å². The van der Waals surface area contributed by atoms with Gasteiger partial charge < -0.3 is 10.0 Å². The summed E-state index contributed by atoms with van der Waals surface area (Å²) in [4.78, 5) is 0. The highest BCUT2D eigenvalue weighted by atomic mass is 32.1. The van der Waals surface area contributed by atoms with Crippen molar-refractivity contribution in [3.8, 4) is 16.9 Å². The van der Waals surface area contributed by atoms with Crippen LogP contribution in [0.15, 0.2) is 47.3 Å². The van der Waals surface area contributed by atoms with Gasteiger partial charge in [-0.3, -0.25) is 0 Å². The standard InChI is InChI=1S/C12H10BN3O2S/c17-13(18)10-2-1-3-11(6-10)16-7-12(14-15-16)9-4-5-19-8-9/h1-8,17-18H. The largest absolute Gasteiger partial charge is 0.488 e. The van der Waals surface area contributed by atoms with Gasteiger partial charge in [0.15, 0.2) is 0 Å². The molecule has 0 bridgehead atoms. The van der Waals surface area contributed by atoms with Crippen LogP contribution in [0.2, 0.25) is 0 Å². The Hall–Kier alpha value is -1.96. The fourth-order valence-corrected chi connectivity index (χ4v) is 2.41. The number of rotatable bonds is 3. The third-order valence-electron chi connectivity index (χ3n) is 2.74. The van der Waals surface area contributed by atoms with Gasteiger partial charge in [0.2, 0.25) is 0 Å². The number of hydrogen-bond donors (Lipinski definition) is 2. The zero-order chi connectivity index (χ0) is 13.2. The fourth-order valence-electron chi connectivity index (χ4n) is 1.76. The summed E-state index contributed by atoms with van der Waals surface area (Å²) in [6.45, 7) is 0. The monoisotopic (exact) mass is 271 g/mol. The molecule has 2 N–H and O–H groups in total. The van der Waals surface area contributed by atoms with Crippen molar-refractivity contribution in [3.05, 3.63) is 47.3 Å². The lowest BCUT2D eigenvalue weighted by atomic mass is 9.80. The van der Waals surface area contributed by atoms with Crippen molar-refractivity contribution in [2.75, 3.05) is 0 Å². The van der Waals surface area contributed by atoms with E-state index in [1.54, 1.807) is 34.2 Å². The van der Waals surface area contributed by atoms with Gasteiger partial charge in [-0.25, -0.2) is 4.68 Å². The average Bonchev–Trinajstić information content (AvgIpc) is 3.09. The van der Waals surface area contributed by atoms with E-state index >= 15 is 0 Å². The highest BCUT2D eigenvalue weighted by Crippen LogP contribution is 2.19. The lowest BCUT2D eigenvalue weighted by molar-refractivity contribution is 0.425. The van der Waals surface area contributed by atoms with E-state index in [0.29, 0.717) is 5.46 Å². The first-order valence-electron chi connectivity index (χ1n) is 5.65. The number of nitrogens with zero attached hydrogens (tertiary/aromatic N) is 3. The van der Waals surface area contributed by atoms with Crippen LogP contribution in [0.5, 0.6) is 0 Å². The molecule has 1 aromatic carbocycles. The second kappa shape index (κ2) is 4.97. The van der Waals surface area contributed by atoms with Gasteiger partial charge >= 0.3 is 7.12 Å². The minimum atomic E-state index is -1.49. The highest BCUT2D eigenvalue weighted by molar-refractivity contribution is 7.08. The third kappa shape index (κ3) is 2.44. The minimum absolute atomic E-state index is 0.421. The summed E-state index contributed by atoms with van der Waals surface area (Å²) in [5.74, 6) is 0. The van der Waals surface area contributed by atoms with Crippen LogP contribution in [0.4, 0.5) is 0 Å². The summed E-state index contributed by atoms with van der Waals surface area (Å²) in [6.07, 6.45) is 1.81. The molecular weight excluding hydrogens is 261 g/mol. The van der Waals surface area contributed by atoms with Crippen molar-refractivity contribution in [2.45, 2.75) is 0 Å². The maximum Gasteiger partial charge on any atom is 0.488 e. The first-order valence-corrected chi connectivity index (χ1v) is 6.60. The third-order valence-corrected chi connectivity index (χ3v) is 3.43. The first kappa shape index (κ1) is 12.1. The minimum Gasteiger partial charge on any atom is -0.423 e. The molecule has 0 amide bonds. The van der Waals surface area contributed by atoms with Gasteiger partial charge in [0.1, 0.15) is 5.69 Å². The zero-order valence-electron chi connectivity index (χ0n) is 9.84. The van der Waals surface area contributed by atoms with E-state index < -0.39 is 7.12 Å². The maximum atomic E-state index is 9.16. The van der Waals surface area contributed by atoms with E-state index in [2.05, 4.69) is 10.3 Å². The second-order valence-corrected chi connectivity index (χ2v) is 4.81. The Kier molecular flexibility index (Phi) is 3.16. The van der Waals surface area contributed by atoms with Crippen LogP contribution in [0.3, 0.4) is 0 Å². The molecule has 0 radical (unpaired) electrons. The van der Waals surface area contributed by atoms with Gasteiger partial charge in [0, 0.05) is 10.9 Å². The molecule has 5 nitrogen and oxygen atoms in total. The summed E-state index contributed by atoms with van der Waals surface area (Å²) >= 11 is 1.60. The van der Waals surface area contributed by atoms with E-state index in [-0.39, 0.29) is 0 Å².